The Bertz CT molecular complexity index is 1720. The number of alkyl carbamates (subject to hydrolysis) is 1. The first-order chi connectivity index (χ1) is 24.4. The maximum absolute atomic E-state index is 14.3. The second kappa shape index (κ2) is 16.3. The summed E-state index contributed by atoms with van der Waals surface area (Å²) in [6.45, 7) is 9.91. The number of nitrogens with one attached hydrogen (secondary N) is 2. The van der Waals surface area contributed by atoms with E-state index >= 15 is 0 Å². The quantitative estimate of drug-likeness (QED) is 0.186. The molecule has 0 radical (unpaired) electrons. The van der Waals surface area contributed by atoms with Gasteiger partial charge in [-0.05, 0) is 56.9 Å². The highest BCUT2D eigenvalue weighted by Crippen LogP contribution is 2.43. The van der Waals surface area contributed by atoms with Crippen LogP contribution in [-0.4, -0.2) is 75.4 Å². The zero-order valence-electron chi connectivity index (χ0n) is 29.5. The van der Waals surface area contributed by atoms with Gasteiger partial charge >= 0.3 is 12.1 Å². The summed E-state index contributed by atoms with van der Waals surface area (Å²) in [5, 5.41) is 4.78. The molecular formula is C39H44N4O7S. The van der Waals surface area contributed by atoms with E-state index < -0.39 is 53.0 Å². The SMILES string of the molecule is CCN(CC)C(=O)CC1=C(C(=O)OC(c2ccccc2)c2ccccc2)N2C(=O)[C@@H](NC(=O)C(NC(=O)OC(C)(C)C)c3ccccc3)[C@@H]2SC1. The van der Waals surface area contributed by atoms with Crippen LogP contribution in [-0.2, 0) is 28.7 Å². The molecule has 2 heterocycles. The highest BCUT2D eigenvalue weighted by molar-refractivity contribution is 8.00. The number of amides is 4. The van der Waals surface area contributed by atoms with Crippen molar-refractivity contribution in [2.45, 2.75) is 70.2 Å². The molecule has 3 aromatic carbocycles. The summed E-state index contributed by atoms with van der Waals surface area (Å²) in [7, 11) is 0. The topological polar surface area (TPSA) is 134 Å². The predicted molar refractivity (Wildman–Crippen MR) is 194 cm³/mol. The van der Waals surface area contributed by atoms with Crippen LogP contribution >= 0.6 is 11.8 Å². The second-order valence-corrected chi connectivity index (χ2v) is 14.3. The fraction of sp³-hybridized carbons (Fsp3) is 0.359. The summed E-state index contributed by atoms with van der Waals surface area (Å²) in [4.78, 5) is 71.1. The number of benzene rings is 3. The lowest BCUT2D eigenvalue weighted by Gasteiger charge is -2.50. The van der Waals surface area contributed by atoms with Crippen molar-refractivity contribution in [1.82, 2.24) is 20.4 Å². The third-order valence-electron chi connectivity index (χ3n) is 8.50. The summed E-state index contributed by atoms with van der Waals surface area (Å²) in [5.74, 6) is -1.79. The smallest absolute Gasteiger partial charge is 0.408 e. The van der Waals surface area contributed by atoms with E-state index in [9.17, 15) is 24.0 Å². The Labute approximate surface area is 302 Å². The van der Waals surface area contributed by atoms with Crippen molar-refractivity contribution in [2.24, 2.45) is 0 Å². The first-order valence-electron chi connectivity index (χ1n) is 17.0. The molecule has 0 bridgehead atoms. The molecule has 1 fully saturated rings. The van der Waals surface area contributed by atoms with Gasteiger partial charge in [-0.3, -0.25) is 19.3 Å². The van der Waals surface area contributed by atoms with Crippen molar-refractivity contribution >= 4 is 41.5 Å². The van der Waals surface area contributed by atoms with E-state index in [0.29, 0.717) is 24.2 Å². The summed E-state index contributed by atoms with van der Waals surface area (Å²) in [6.07, 6.45) is -1.64. The van der Waals surface area contributed by atoms with E-state index in [1.165, 1.54) is 16.7 Å². The van der Waals surface area contributed by atoms with Crippen molar-refractivity contribution in [3.8, 4) is 0 Å². The summed E-state index contributed by atoms with van der Waals surface area (Å²) < 4.78 is 11.6. The fourth-order valence-electron chi connectivity index (χ4n) is 6.03. The molecule has 3 aromatic rings. The largest absolute Gasteiger partial charge is 0.448 e. The van der Waals surface area contributed by atoms with E-state index in [2.05, 4.69) is 10.6 Å². The lowest BCUT2D eigenvalue weighted by molar-refractivity contribution is -0.155. The van der Waals surface area contributed by atoms with Gasteiger partial charge in [-0.2, -0.15) is 0 Å². The average molecular weight is 713 g/mol. The van der Waals surface area contributed by atoms with Gasteiger partial charge in [0.05, 0.1) is 6.42 Å². The first kappa shape index (κ1) is 37.2. The van der Waals surface area contributed by atoms with Crippen LogP contribution in [0.4, 0.5) is 4.79 Å². The Hall–Kier alpha value is -5.10. The molecule has 1 unspecified atom stereocenters. The van der Waals surface area contributed by atoms with Crippen LogP contribution in [0.3, 0.4) is 0 Å². The van der Waals surface area contributed by atoms with Crippen LogP contribution in [0, 0.1) is 0 Å². The number of rotatable bonds is 12. The molecule has 0 saturated carbocycles. The summed E-state index contributed by atoms with van der Waals surface area (Å²) in [5.41, 5.74) is 1.67. The first-order valence-corrected chi connectivity index (χ1v) is 18.1. The Morgan fingerprint density at radius 2 is 1.39 bits per heavy atom. The molecule has 1 saturated heterocycles. The van der Waals surface area contributed by atoms with E-state index in [0.717, 1.165) is 11.1 Å². The number of nitrogens with zero attached hydrogens (tertiary/aromatic N) is 2. The molecule has 11 nitrogen and oxygen atoms in total. The number of β-lactam (4-membered cyclic amide) rings is 1. The number of ether oxygens (including phenoxy) is 2. The summed E-state index contributed by atoms with van der Waals surface area (Å²) in [6, 6.07) is 25.1. The molecule has 4 amide bonds. The fourth-order valence-corrected chi connectivity index (χ4v) is 7.38. The molecule has 5 rings (SSSR count). The maximum atomic E-state index is 14.3. The molecule has 268 valence electrons. The maximum Gasteiger partial charge on any atom is 0.408 e. The zero-order chi connectivity index (χ0) is 36.7. The number of hydrogen-bond acceptors (Lipinski definition) is 8. The Balaban J connectivity index is 1.43. The lowest BCUT2D eigenvalue weighted by atomic mass is 9.99. The van der Waals surface area contributed by atoms with Gasteiger partial charge in [-0.25, -0.2) is 9.59 Å². The molecule has 0 spiro atoms. The Morgan fingerprint density at radius 1 is 0.863 bits per heavy atom. The van der Waals surface area contributed by atoms with E-state index in [-0.39, 0.29) is 23.8 Å². The van der Waals surface area contributed by atoms with Gasteiger partial charge in [-0.1, -0.05) is 91.0 Å². The van der Waals surface area contributed by atoms with Crippen molar-refractivity contribution in [2.75, 3.05) is 18.8 Å². The number of hydrogen-bond donors (Lipinski definition) is 2. The van der Waals surface area contributed by atoms with Crippen LogP contribution in [0.2, 0.25) is 0 Å². The number of esters is 1. The third kappa shape index (κ3) is 8.80. The highest BCUT2D eigenvalue weighted by Gasteiger charge is 2.55. The van der Waals surface area contributed by atoms with E-state index in [1.54, 1.807) is 56.0 Å². The van der Waals surface area contributed by atoms with Crippen LogP contribution in [0.25, 0.3) is 0 Å². The van der Waals surface area contributed by atoms with E-state index in [1.807, 2.05) is 74.5 Å². The molecular weight excluding hydrogens is 669 g/mol. The normalized spacial score (nSPS) is 17.5. The van der Waals surface area contributed by atoms with Crippen molar-refractivity contribution < 1.29 is 33.4 Å². The Kier molecular flexibility index (Phi) is 11.9. The van der Waals surface area contributed by atoms with Crippen molar-refractivity contribution in [3.05, 3.63) is 119 Å². The van der Waals surface area contributed by atoms with Crippen LogP contribution in [0.1, 0.15) is 69.9 Å². The van der Waals surface area contributed by atoms with Crippen LogP contribution in [0.15, 0.2) is 102 Å². The second-order valence-electron chi connectivity index (χ2n) is 13.2. The van der Waals surface area contributed by atoms with Gasteiger partial charge in [-0.15, -0.1) is 11.8 Å². The minimum atomic E-state index is -1.16. The molecule has 0 aromatic heterocycles. The van der Waals surface area contributed by atoms with Gasteiger partial charge in [0.1, 0.15) is 28.8 Å². The average Bonchev–Trinajstić information content (AvgIpc) is 3.12. The highest BCUT2D eigenvalue weighted by atomic mass is 32.2. The van der Waals surface area contributed by atoms with Gasteiger partial charge in [0, 0.05) is 18.8 Å². The molecule has 2 aliphatic rings. The molecule has 51 heavy (non-hydrogen) atoms. The number of thioether (sulfide) groups is 1. The molecule has 3 atom stereocenters. The molecule has 2 N–H and O–H groups in total. The minimum absolute atomic E-state index is 0.0121. The monoisotopic (exact) mass is 712 g/mol. The van der Waals surface area contributed by atoms with Crippen LogP contribution < -0.4 is 10.6 Å². The van der Waals surface area contributed by atoms with Gasteiger partial charge in [0.15, 0.2) is 6.10 Å². The predicted octanol–water partition coefficient (Wildman–Crippen LogP) is 5.50. The minimum Gasteiger partial charge on any atom is -0.448 e. The number of carbonyl (C=O) groups excluding carboxylic acids is 5. The Morgan fingerprint density at radius 3 is 1.90 bits per heavy atom. The number of carbonyl (C=O) groups is 5. The molecule has 2 aliphatic heterocycles. The zero-order valence-corrected chi connectivity index (χ0v) is 30.3. The lowest BCUT2D eigenvalue weighted by Crippen LogP contribution is -2.71. The third-order valence-corrected chi connectivity index (χ3v) is 9.84. The van der Waals surface area contributed by atoms with Gasteiger partial charge < -0.3 is 25.0 Å². The standard InChI is InChI=1S/C39H44N4O7S/c1-6-42(7-2)29(44)23-28-24-51-36-31(40-34(45)30(25-17-11-8-12-18-25)41-38(48)50-39(3,4)5)35(46)43(36)32(28)37(47)49-33(26-19-13-9-14-20-26)27-21-15-10-16-22-27/h8-22,30-31,33,36H,6-7,23-24H2,1-5H3,(H,40,45)(H,41,48)/t30?,31-,36+/m1/s1. The molecule has 12 heteroatoms. The van der Waals surface area contributed by atoms with Gasteiger partial charge in [0.2, 0.25) is 11.8 Å². The molecule has 0 aliphatic carbocycles. The van der Waals surface area contributed by atoms with Crippen molar-refractivity contribution in [3.63, 3.8) is 0 Å². The summed E-state index contributed by atoms with van der Waals surface area (Å²) >= 11 is 1.35. The van der Waals surface area contributed by atoms with Gasteiger partial charge in [0.25, 0.3) is 5.91 Å². The number of fused-ring (bicyclic) bond motifs is 1. The van der Waals surface area contributed by atoms with E-state index in [4.69, 9.17) is 9.47 Å². The van der Waals surface area contributed by atoms with Crippen molar-refractivity contribution in [1.29, 1.82) is 0 Å². The van der Waals surface area contributed by atoms with Crippen LogP contribution in [0.5, 0.6) is 0 Å².